The van der Waals surface area contributed by atoms with Gasteiger partial charge in [0.1, 0.15) is 23.3 Å². The first-order valence-electron chi connectivity index (χ1n) is 9.56. The molecule has 30 heavy (non-hydrogen) atoms. The Morgan fingerprint density at radius 2 is 1.67 bits per heavy atom. The topological polar surface area (TPSA) is 77.1 Å². The van der Waals surface area contributed by atoms with Crippen LogP contribution in [0, 0.1) is 0 Å². The number of methoxy groups -OCH3 is 2. The number of nitrogens with zero attached hydrogens (tertiary/aromatic N) is 1. The standard InChI is InChI=1S/C22H27ClN2O5/c1-5-24-22(27)15(2)25(13-16-8-6-7-9-20(16)23)21(26)14-30-19-11-17(28-3)10-18(12-19)29-4/h6-12,15H,5,13-14H2,1-4H3,(H,24,27)/t15-/m1/s1. The number of likely N-dealkylation sites (N-methyl/N-ethyl adjacent to an activating group) is 1. The van der Waals surface area contributed by atoms with Gasteiger partial charge in [-0.3, -0.25) is 9.59 Å². The monoisotopic (exact) mass is 434 g/mol. The van der Waals surface area contributed by atoms with E-state index in [1.807, 2.05) is 25.1 Å². The molecule has 0 heterocycles. The van der Waals surface area contributed by atoms with Gasteiger partial charge in [-0.2, -0.15) is 0 Å². The fourth-order valence-electron chi connectivity index (χ4n) is 2.81. The van der Waals surface area contributed by atoms with Gasteiger partial charge in [-0.1, -0.05) is 29.8 Å². The summed E-state index contributed by atoms with van der Waals surface area (Å²) in [7, 11) is 3.06. The molecule has 0 aromatic heterocycles. The molecule has 0 bridgehead atoms. The minimum absolute atomic E-state index is 0.182. The van der Waals surface area contributed by atoms with Crippen molar-refractivity contribution in [2.75, 3.05) is 27.4 Å². The smallest absolute Gasteiger partial charge is 0.261 e. The number of carbonyl (C=O) groups excluding carboxylic acids is 2. The molecule has 1 atom stereocenters. The molecule has 8 heteroatoms. The minimum atomic E-state index is -0.697. The van der Waals surface area contributed by atoms with E-state index in [-0.39, 0.29) is 25.0 Å². The van der Waals surface area contributed by atoms with E-state index in [0.29, 0.717) is 28.8 Å². The van der Waals surface area contributed by atoms with Crippen LogP contribution in [0.4, 0.5) is 0 Å². The van der Waals surface area contributed by atoms with Crippen molar-refractivity contribution in [3.8, 4) is 17.2 Å². The van der Waals surface area contributed by atoms with Crippen LogP contribution in [0.15, 0.2) is 42.5 Å². The highest BCUT2D eigenvalue weighted by Crippen LogP contribution is 2.27. The minimum Gasteiger partial charge on any atom is -0.496 e. The van der Waals surface area contributed by atoms with Crippen LogP contribution in [0.3, 0.4) is 0 Å². The molecule has 0 spiro atoms. The third-order valence-corrected chi connectivity index (χ3v) is 4.87. The van der Waals surface area contributed by atoms with E-state index in [9.17, 15) is 9.59 Å². The van der Waals surface area contributed by atoms with Crippen LogP contribution < -0.4 is 19.5 Å². The van der Waals surface area contributed by atoms with Crippen molar-refractivity contribution < 1.29 is 23.8 Å². The van der Waals surface area contributed by atoms with Crippen molar-refractivity contribution in [1.29, 1.82) is 0 Å². The van der Waals surface area contributed by atoms with Crippen molar-refractivity contribution in [3.05, 3.63) is 53.1 Å². The van der Waals surface area contributed by atoms with Gasteiger partial charge < -0.3 is 24.4 Å². The van der Waals surface area contributed by atoms with E-state index in [0.717, 1.165) is 5.56 Å². The molecule has 0 saturated carbocycles. The van der Waals surface area contributed by atoms with Gasteiger partial charge in [0, 0.05) is 36.3 Å². The lowest BCUT2D eigenvalue weighted by atomic mass is 10.1. The molecule has 2 rings (SSSR count). The summed E-state index contributed by atoms with van der Waals surface area (Å²) in [6, 6.07) is 11.5. The first-order valence-corrected chi connectivity index (χ1v) is 9.93. The Kier molecular flexibility index (Phi) is 8.80. The van der Waals surface area contributed by atoms with Crippen LogP contribution in [0.1, 0.15) is 19.4 Å². The summed E-state index contributed by atoms with van der Waals surface area (Å²) in [6.07, 6.45) is 0. The normalized spacial score (nSPS) is 11.4. The SMILES string of the molecule is CCNC(=O)[C@@H](C)N(Cc1ccccc1Cl)C(=O)COc1cc(OC)cc(OC)c1. The number of carbonyl (C=O) groups is 2. The van der Waals surface area contributed by atoms with Crippen LogP contribution in [-0.2, 0) is 16.1 Å². The van der Waals surface area contributed by atoms with E-state index >= 15 is 0 Å². The number of nitrogens with one attached hydrogen (secondary N) is 1. The lowest BCUT2D eigenvalue weighted by Crippen LogP contribution is -2.49. The average molecular weight is 435 g/mol. The Hall–Kier alpha value is -2.93. The van der Waals surface area contributed by atoms with Crippen molar-refractivity contribution in [2.45, 2.75) is 26.4 Å². The zero-order chi connectivity index (χ0) is 22.1. The van der Waals surface area contributed by atoms with Gasteiger partial charge in [-0.25, -0.2) is 0 Å². The van der Waals surface area contributed by atoms with E-state index in [4.69, 9.17) is 25.8 Å². The van der Waals surface area contributed by atoms with Crippen LogP contribution in [-0.4, -0.2) is 50.1 Å². The molecule has 7 nitrogen and oxygen atoms in total. The molecule has 1 N–H and O–H groups in total. The number of halogens is 1. The molecule has 0 saturated heterocycles. The Bertz CT molecular complexity index is 852. The second-order valence-electron chi connectivity index (χ2n) is 6.52. The number of hydrogen-bond acceptors (Lipinski definition) is 5. The molecule has 0 radical (unpaired) electrons. The van der Waals surface area contributed by atoms with Crippen molar-refractivity contribution in [3.63, 3.8) is 0 Å². The zero-order valence-corrected chi connectivity index (χ0v) is 18.4. The molecular weight excluding hydrogens is 408 g/mol. The summed E-state index contributed by atoms with van der Waals surface area (Å²) < 4.78 is 16.1. The molecule has 0 aliphatic rings. The summed E-state index contributed by atoms with van der Waals surface area (Å²) >= 11 is 6.26. The maximum Gasteiger partial charge on any atom is 0.261 e. The molecule has 0 fully saturated rings. The van der Waals surface area contributed by atoms with Crippen LogP contribution in [0.5, 0.6) is 17.2 Å². The van der Waals surface area contributed by atoms with Crippen LogP contribution >= 0.6 is 11.6 Å². The highest BCUT2D eigenvalue weighted by Gasteiger charge is 2.26. The number of benzene rings is 2. The molecule has 2 amide bonds. The number of amides is 2. The second kappa shape index (κ2) is 11.3. The average Bonchev–Trinajstić information content (AvgIpc) is 2.76. The summed E-state index contributed by atoms with van der Waals surface area (Å²) in [5.74, 6) is 0.903. The molecule has 2 aromatic rings. The first-order chi connectivity index (χ1) is 14.4. The summed E-state index contributed by atoms with van der Waals surface area (Å²) in [6.45, 7) is 3.89. The predicted octanol–water partition coefficient (Wildman–Crippen LogP) is 3.29. The van der Waals surface area contributed by atoms with E-state index in [2.05, 4.69) is 5.32 Å². The van der Waals surface area contributed by atoms with E-state index < -0.39 is 6.04 Å². The predicted molar refractivity (Wildman–Crippen MR) is 115 cm³/mol. The van der Waals surface area contributed by atoms with Crippen molar-refractivity contribution in [2.24, 2.45) is 0 Å². The largest absolute Gasteiger partial charge is 0.496 e. The number of hydrogen-bond donors (Lipinski definition) is 1. The van der Waals surface area contributed by atoms with Crippen LogP contribution in [0.25, 0.3) is 0 Å². The molecule has 0 aliphatic carbocycles. The van der Waals surface area contributed by atoms with Gasteiger partial charge in [0.25, 0.3) is 5.91 Å². The van der Waals surface area contributed by atoms with Crippen molar-refractivity contribution in [1.82, 2.24) is 10.2 Å². The Morgan fingerprint density at radius 3 is 2.23 bits per heavy atom. The Morgan fingerprint density at radius 1 is 1.07 bits per heavy atom. The van der Waals surface area contributed by atoms with E-state index in [1.54, 1.807) is 31.2 Å². The van der Waals surface area contributed by atoms with Gasteiger partial charge in [0.15, 0.2) is 6.61 Å². The zero-order valence-electron chi connectivity index (χ0n) is 17.6. The second-order valence-corrected chi connectivity index (χ2v) is 6.93. The Labute approximate surface area is 181 Å². The quantitative estimate of drug-likeness (QED) is 0.621. The molecule has 2 aromatic carbocycles. The lowest BCUT2D eigenvalue weighted by Gasteiger charge is -2.29. The fraction of sp³-hybridized carbons (Fsp3) is 0.364. The number of ether oxygens (including phenoxy) is 3. The lowest BCUT2D eigenvalue weighted by molar-refractivity contribution is -0.142. The van der Waals surface area contributed by atoms with Gasteiger partial charge in [-0.15, -0.1) is 0 Å². The van der Waals surface area contributed by atoms with Crippen LogP contribution in [0.2, 0.25) is 5.02 Å². The fourth-order valence-corrected chi connectivity index (χ4v) is 3.00. The van der Waals surface area contributed by atoms with E-state index in [1.165, 1.54) is 19.1 Å². The Balaban J connectivity index is 2.19. The molecule has 162 valence electrons. The summed E-state index contributed by atoms with van der Waals surface area (Å²) in [5.41, 5.74) is 0.742. The molecule has 0 aliphatic heterocycles. The van der Waals surface area contributed by atoms with Gasteiger partial charge in [-0.05, 0) is 25.5 Å². The summed E-state index contributed by atoms with van der Waals surface area (Å²) in [5, 5.41) is 3.27. The first kappa shape index (κ1) is 23.3. The molecular formula is C22H27ClN2O5. The molecule has 0 unspecified atom stereocenters. The van der Waals surface area contributed by atoms with Gasteiger partial charge in [0.2, 0.25) is 5.91 Å². The summed E-state index contributed by atoms with van der Waals surface area (Å²) in [4.78, 5) is 26.8. The van der Waals surface area contributed by atoms with Crippen molar-refractivity contribution >= 4 is 23.4 Å². The van der Waals surface area contributed by atoms with Gasteiger partial charge >= 0.3 is 0 Å². The highest BCUT2D eigenvalue weighted by atomic mass is 35.5. The maximum absolute atomic E-state index is 13.0. The third kappa shape index (κ3) is 6.29. The van der Waals surface area contributed by atoms with Gasteiger partial charge in [0.05, 0.1) is 14.2 Å². The third-order valence-electron chi connectivity index (χ3n) is 4.50. The number of rotatable bonds is 10. The maximum atomic E-state index is 13.0. The highest BCUT2D eigenvalue weighted by molar-refractivity contribution is 6.31.